The van der Waals surface area contributed by atoms with Gasteiger partial charge < -0.3 is 20.5 Å². The molecule has 3 N–H and O–H groups in total. The van der Waals surface area contributed by atoms with Crippen LogP contribution >= 0.6 is 0 Å². The first-order valence-electron chi connectivity index (χ1n) is 6.39. The zero-order valence-corrected chi connectivity index (χ0v) is 11.6. The van der Waals surface area contributed by atoms with E-state index in [4.69, 9.17) is 15.2 Å². The van der Waals surface area contributed by atoms with Crippen LogP contribution in [0.4, 0.5) is 0 Å². The standard InChI is InChI=1S/C14H22N2O3/c1-18-12-6-4-11(10-13(12)19-2)5-7-14(17)16-9-3-8-15/h4,6,10H,3,5,7-9,15H2,1-2H3,(H,16,17). The Hall–Kier alpha value is -1.75. The van der Waals surface area contributed by atoms with Crippen LogP contribution in [-0.4, -0.2) is 33.2 Å². The Morgan fingerprint density at radius 1 is 1.26 bits per heavy atom. The van der Waals surface area contributed by atoms with Crippen molar-refractivity contribution in [3.63, 3.8) is 0 Å². The summed E-state index contributed by atoms with van der Waals surface area (Å²) in [5.41, 5.74) is 6.41. The number of methoxy groups -OCH3 is 2. The number of ether oxygens (including phenoxy) is 2. The molecule has 0 spiro atoms. The van der Waals surface area contributed by atoms with Gasteiger partial charge in [-0.05, 0) is 37.1 Å². The fourth-order valence-corrected chi connectivity index (χ4v) is 1.71. The van der Waals surface area contributed by atoms with E-state index in [9.17, 15) is 4.79 Å². The predicted octanol–water partition coefficient (Wildman–Crippen LogP) is 1.10. The molecule has 5 nitrogen and oxygen atoms in total. The maximum absolute atomic E-state index is 11.6. The third-order valence-corrected chi connectivity index (χ3v) is 2.79. The Morgan fingerprint density at radius 3 is 2.63 bits per heavy atom. The van der Waals surface area contributed by atoms with E-state index < -0.39 is 0 Å². The van der Waals surface area contributed by atoms with Gasteiger partial charge in [-0.25, -0.2) is 0 Å². The number of hydrogen-bond donors (Lipinski definition) is 2. The largest absolute Gasteiger partial charge is 0.493 e. The molecule has 5 heteroatoms. The third kappa shape index (κ3) is 5.18. The summed E-state index contributed by atoms with van der Waals surface area (Å²) in [6.07, 6.45) is 1.94. The van der Waals surface area contributed by atoms with Gasteiger partial charge in [0.25, 0.3) is 0 Å². The van der Waals surface area contributed by atoms with Crippen LogP contribution in [0.2, 0.25) is 0 Å². The minimum absolute atomic E-state index is 0.0447. The smallest absolute Gasteiger partial charge is 0.220 e. The van der Waals surface area contributed by atoms with E-state index in [1.54, 1.807) is 14.2 Å². The molecule has 0 fully saturated rings. The molecule has 0 aliphatic heterocycles. The molecule has 106 valence electrons. The summed E-state index contributed by atoms with van der Waals surface area (Å²) in [5.74, 6) is 1.42. The molecule has 1 aromatic carbocycles. The molecule has 0 aromatic heterocycles. The Bertz CT molecular complexity index is 408. The fourth-order valence-electron chi connectivity index (χ4n) is 1.71. The molecule has 0 saturated heterocycles. The first kappa shape index (κ1) is 15.3. The summed E-state index contributed by atoms with van der Waals surface area (Å²) in [6, 6.07) is 5.68. The summed E-state index contributed by atoms with van der Waals surface area (Å²) < 4.78 is 10.4. The van der Waals surface area contributed by atoms with Gasteiger partial charge >= 0.3 is 0 Å². The minimum atomic E-state index is 0.0447. The van der Waals surface area contributed by atoms with Crippen LogP contribution in [0.5, 0.6) is 11.5 Å². The van der Waals surface area contributed by atoms with Crippen molar-refractivity contribution in [3.05, 3.63) is 23.8 Å². The van der Waals surface area contributed by atoms with Gasteiger partial charge in [0.2, 0.25) is 5.91 Å². The topological polar surface area (TPSA) is 73.6 Å². The lowest BCUT2D eigenvalue weighted by Crippen LogP contribution is -2.26. The van der Waals surface area contributed by atoms with Crippen molar-refractivity contribution in [2.75, 3.05) is 27.3 Å². The molecule has 0 heterocycles. The number of carbonyl (C=O) groups excluding carboxylic acids is 1. The van der Waals surface area contributed by atoms with Crippen LogP contribution in [-0.2, 0) is 11.2 Å². The molecule has 0 bridgehead atoms. The highest BCUT2D eigenvalue weighted by atomic mass is 16.5. The zero-order valence-electron chi connectivity index (χ0n) is 11.6. The monoisotopic (exact) mass is 266 g/mol. The molecule has 0 saturated carbocycles. The van der Waals surface area contributed by atoms with E-state index >= 15 is 0 Å². The van der Waals surface area contributed by atoms with Crippen LogP contribution in [0, 0.1) is 0 Å². The molecule has 0 atom stereocenters. The summed E-state index contributed by atoms with van der Waals surface area (Å²) in [4.78, 5) is 11.6. The third-order valence-electron chi connectivity index (χ3n) is 2.79. The van der Waals surface area contributed by atoms with E-state index in [-0.39, 0.29) is 5.91 Å². The average Bonchev–Trinajstić information content (AvgIpc) is 2.45. The van der Waals surface area contributed by atoms with Crippen LogP contribution in [0.15, 0.2) is 18.2 Å². The average molecular weight is 266 g/mol. The van der Waals surface area contributed by atoms with Crippen LogP contribution < -0.4 is 20.5 Å². The number of rotatable bonds is 8. The lowest BCUT2D eigenvalue weighted by molar-refractivity contribution is -0.121. The summed E-state index contributed by atoms with van der Waals surface area (Å²) in [6.45, 7) is 1.23. The van der Waals surface area contributed by atoms with E-state index in [0.717, 1.165) is 12.0 Å². The van der Waals surface area contributed by atoms with Crippen LogP contribution in [0.25, 0.3) is 0 Å². The van der Waals surface area contributed by atoms with Crippen LogP contribution in [0.1, 0.15) is 18.4 Å². The number of benzene rings is 1. The Kier molecular flexibility index (Phi) is 6.74. The van der Waals surface area contributed by atoms with Gasteiger partial charge in [-0.1, -0.05) is 6.07 Å². The summed E-state index contributed by atoms with van der Waals surface area (Å²) >= 11 is 0. The lowest BCUT2D eigenvalue weighted by Gasteiger charge is -2.09. The summed E-state index contributed by atoms with van der Waals surface area (Å²) in [7, 11) is 3.20. The molecule has 0 unspecified atom stereocenters. The molecule has 1 rings (SSSR count). The molecule has 0 radical (unpaired) electrons. The molecule has 19 heavy (non-hydrogen) atoms. The van der Waals surface area contributed by atoms with Crippen LogP contribution in [0.3, 0.4) is 0 Å². The van der Waals surface area contributed by atoms with Crippen molar-refractivity contribution in [2.24, 2.45) is 5.73 Å². The van der Waals surface area contributed by atoms with E-state index in [1.807, 2.05) is 18.2 Å². The number of aryl methyl sites for hydroxylation is 1. The van der Waals surface area contributed by atoms with Gasteiger partial charge in [0.1, 0.15) is 0 Å². The molecular weight excluding hydrogens is 244 g/mol. The van der Waals surface area contributed by atoms with Gasteiger partial charge in [-0.15, -0.1) is 0 Å². The van der Waals surface area contributed by atoms with Gasteiger partial charge in [0, 0.05) is 13.0 Å². The number of nitrogens with one attached hydrogen (secondary N) is 1. The van der Waals surface area contributed by atoms with E-state index in [1.165, 1.54) is 0 Å². The Balaban J connectivity index is 2.47. The van der Waals surface area contributed by atoms with Crippen molar-refractivity contribution in [1.82, 2.24) is 5.32 Å². The first-order valence-corrected chi connectivity index (χ1v) is 6.39. The number of hydrogen-bond acceptors (Lipinski definition) is 4. The second kappa shape index (κ2) is 8.37. The molecular formula is C14H22N2O3. The SMILES string of the molecule is COc1ccc(CCC(=O)NCCCN)cc1OC. The quantitative estimate of drug-likeness (QED) is 0.691. The van der Waals surface area contributed by atoms with Crippen molar-refractivity contribution in [3.8, 4) is 11.5 Å². The molecule has 0 aliphatic rings. The fraction of sp³-hybridized carbons (Fsp3) is 0.500. The lowest BCUT2D eigenvalue weighted by atomic mass is 10.1. The van der Waals surface area contributed by atoms with E-state index in [2.05, 4.69) is 5.32 Å². The predicted molar refractivity (Wildman–Crippen MR) is 74.5 cm³/mol. The maximum Gasteiger partial charge on any atom is 0.220 e. The van der Waals surface area contributed by atoms with Crippen molar-refractivity contribution < 1.29 is 14.3 Å². The number of nitrogens with two attached hydrogens (primary N) is 1. The van der Waals surface area contributed by atoms with Crippen molar-refractivity contribution >= 4 is 5.91 Å². The minimum Gasteiger partial charge on any atom is -0.493 e. The highest BCUT2D eigenvalue weighted by Crippen LogP contribution is 2.27. The number of carbonyl (C=O) groups is 1. The highest BCUT2D eigenvalue weighted by Gasteiger charge is 2.06. The van der Waals surface area contributed by atoms with Crippen molar-refractivity contribution in [2.45, 2.75) is 19.3 Å². The van der Waals surface area contributed by atoms with E-state index in [0.29, 0.717) is 37.4 Å². The Labute approximate surface area is 114 Å². The normalized spacial score (nSPS) is 10.1. The Morgan fingerprint density at radius 2 is 2.00 bits per heavy atom. The summed E-state index contributed by atoms with van der Waals surface area (Å²) in [5, 5.41) is 2.83. The zero-order chi connectivity index (χ0) is 14.1. The van der Waals surface area contributed by atoms with Gasteiger partial charge in [-0.3, -0.25) is 4.79 Å². The second-order valence-corrected chi connectivity index (χ2v) is 4.18. The molecule has 0 aliphatic carbocycles. The molecule has 1 aromatic rings. The van der Waals surface area contributed by atoms with Gasteiger partial charge in [-0.2, -0.15) is 0 Å². The number of amides is 1. The van der Waals surface area contributed by atoms with Gasteiger partial charge in [0.05, 0.1) is 14.2 Å². The second-order valence-electron chi connectivity index (χ2n) is 4.18. The van der Waals surface area contributed by atoms with Crippen molar-refractivity contribution in [1.29, 1.82) is 0 Å². The first-order chi connectivity index (χ1) is 9.21. The highest BCUT2D eigenvalue weighted by molar-refractivity contribution is 5.76. The maximum atomic E-state index is 11.6. The van der Waals surface area contributed by atoms with Gasteiger partial charge in [0.15, 0.2) is 11.5 Å². The molecule has 1 amide bonds.